The Morgan fingerprint density at radius 2 is 1.77 bits per heavy atom. The lowest BCUT2D eigenvalue weighted by Crippen LogP contribution is -2.51. The number of hydrogen-bond acceptors (Lipinski definition) is 5. The van der Waals surface area contributed by atoms with Gasteiger partial charge in [-0.1, -0.05) is 11.6 Å². The summed E-state index contributed by atoms with van der Waals surface area (Å²) in [4.78, 5) is 38.8. The predicted octanol–water partition coefficient (Wildman–Crippen LogP) is 3.92. The van der Waals surface area contributed by atoms with E-state index >= 15 is 0 Å². The molecule has 13 heteroatoms. The van der Waals surface area contributed by atoms with E-state index in [0.29, 0.717) is 30.8 Å². The van der Waals surface area contributed by atoms with Crippen molar-refractivity contribution in [2.75, 3.05) is 30.7 Å². The van der Waals surface area contributed by atoms with E-state index in [1.54, 1.807) is 0 Å². The van der Waals surface area contributed by atoms with E-state index in [2.05, 4.69) is 19.8 Å². The summed E-state index contributed by atoms with van der Waals surface area (Å²) in [5.74, 6) is -1.01. The van der Waals surface area contributed by atoms with Gasteiger partial charge in [0, 0.05) is 30.3 Å². The van der Waals surface area contributed by atoms with Gasteiger partial charge in [0.25, 0.3) is 17.6 Å². The quantitative estimate of drug-likeness (QED) is 0.449. The first-order chi connectivity index (χ1) is 18.5. The number of carbonyl (C=O) groups excluding carboxylic acids is 3. The van der Waals surface area contributed by atoms with Crippen LogP contribution in [0.2, 0.25) is 5.02 Å². The van der Waals surface area contributed by atoms with Crippen LogP contribution in [0.4, 0.5) is 18.9 Å². The van der Waals surface area contributed by atoms with Gasteiger partial charge in [-0.3, -0.25) is 14.4 Å². The summed E-state index contributed by atoms with van der Waals surface area (Å²) >= 11 is 6.27. The number of Topliss-reactive ketones (excluding diaryl/α,β-unsaturated/α-hetero) is 1. The molecule has 214 valence electrons. The van der Waals surface area contributed by atoms with Crippen molar-refractivity contribution in [1.29, 1.82) is 0 Å². The first kappa shape index (κ1) is 28.5. The second kappa shape index (κ2) is 11.5. The van der Waals surface area contributed by atoms with Crippen molar-refractivity contribution in [3.05, 3.63) is 28.3 Å². The van der Waals surface area contributed by atoms with Gasteiger partial charge in [0.2, 0.25) is 0 Å². The minimum atomic E-state index is -4.11. The Labute approximate surface area is 232 Å². The molecule has 3 unspecified atom stereocenters. The Hall–Kier alpha value is -2.02. The molecule has 0 aromatic heterocycles. The Bertz CT molecular complexity index is 1160. The monoisotopic (exact) mass is 588 g/mol. The lowest BCUT2D eigenvalue weighted by molar-refractivity contribution is -0.136. The van der Waals surface area contributed by atoms with Crippen molar-refractivity contribution < 1.29 is 31.8 Å². The fourth-order valence-corrected chi connectivity index (χ4v) is 8.56. The number of carbonyl (C=O) groups is 3. The fourth-order valence-electron chi connectivity index (χ4n) is 6.35. The van der Waals surface area contributed by atoms with Gasteiger partial charge in [0.05, 0.1) is 32.8 Å². The summed E-state index contributed by atoms with van der Waals surface area (Å²) in [6.45, 7) is 1.92. The summed E-state index contributed by atoms with van der Waals surface area (Å²) in [6, 6.07) is 2.83. The highest BCUT2D eigenvalue weighted by Gasteiger charge is 2.44. The number of piperidine rings is 2. The molecule has 0 saturated carbocycles. The Morgan fingerprint density at radius 3 is 2.41 bits per heavy atom. The maximum atomic E-state index is 13.4. The van der Waals surface area contributed by atoms with Crippen molar-refractivity contribution in [1.82, 2.24) is 14.5 Å². The number of anilines is 1. The van der Waals surface area contributed by atoms with Gasteiger partial charge in [-0.15, -0.1) is 0 Å². The van der Waals surface area contributed by atoms with Gasteiger partial charge in [0.1, 0.15) is 0 Å². The normalized spacial score (nSPS) is 26.9. The maximum Gasteiger partial charge on any atom is 0.389 e. The Morgan fingerprint density at radius 1 is 1.10 bits per heavy atom. The van der Waals surface area contributed by atoms with E-state index in [1.807, 2.05) is 0 Å². The van der Waals surface area contributed by atoms with Gasteiger partial charge in [0.15, 0.2) is 0 Å². The van der Waals surface area contributed by atoms with Crippen LogP contribution < -0.4 is 10.6 Å². The highest BCUT2D eigenvalue weighted by Crippen LogP contribution is 2.38. The summed E-state index contributed by atoms with van der Waals surface area (Å²) in [5.41, 5.74) is 0.572. The number of rotatable bonds is 8. The second-order valence-corrected chi connectivity index (χ2v) is 12.8. The fraction of sp³-hybridized carbons (Fsp3) is 0.654. The highest BCUT2D eigenvalue weighted by atomic mass is 35.5. The number of amides is 2. The molecule has 4 aliphatic rings. The molecule has 39 heavy (non-hydrogen) atoms. The molecule has 1 aromatic carbocycles. The van der Waals surface area contributed by atoms with Gasteiger partial charge in [-0.05, 0) is 82.6 Å². The molecule has 1 aromatic rings. The van der Waals surface area contributed by atoms with Crippen LogP contribution in [0.3, 0.4) is 0 Å². The molecule has 8 nitrogen and oxygen atoms in total. The van der Waals surface area contributed by atoms with E-state index in [1.165, 1.54) is 12.1 Å². The molecule has 3 fully saturated rings. The van der Waals surface area contributed by atoms with Crippen LogP contribution in [0.5, 0.6) is 0 Å². The number of ketones is 1. The van der Waals surface area contributed by atoms with Crippen LogP contribution in [0, 0.1) is 5.92 Å². The standard InChI is InChI=1S/C26H32ClF3N4O4S/c27-21-13-22-20(23(35)25(37)32-22)12-19(21)24(36)31-16-10-17-2-3-18(11-16)34(17)39(38)14-15-4-8-33(9-5-15)7-1-6-26(28,29)30/h12-13,15-18H,1-11,14H2,(H,31,36)(H,32,35,37)/t16?,17-,18?,39?/m1/s1. The third-order valence-electron chi connectivity index (χ3n) is 8.31. The largest absolute Gasteiger partial charge is 0.389 e. The molecular formula is C26H32ClF3N4O4S. The molecule has 2 N–H and O–H groups in total. The lowest BCUT2D eigenvalue weighted by atomic mass is 9.98. The number of alkyl halides is 3. The van der Waals surface area contributed by atoms with Crippen molar-refractivity contribution in [2.45, 2.75) is 75.7 Å². The number of benzene rings is 1. The number of likely N-dealkylation sites (tertiary alicyclic amines) is 1. The molecule has 4 atom stereocenters. The average Bonchev–Trinajstić information content (AvgIpc) is 3.30. The van der Waals surface area contributed by atoms with Gasteiger partial charge >= 0.3 is 6.18 Å². The first-order valence-electron chi connectivity index (χ1n) is 13.4. The Kier molecular flexibility index (Phi) is 8.38. The minimum absolute atomic E-state index is 0.0937. The molecule has 2 bridgehead atoms. The third kappa shape index (κ3) is 6.49. The van der Waals surface area contributed by atoms with Crippen LogP contribution in [-0.2, 0) is 15.8 Å². The molecule has 0 spiro atoms. The molecule has 4 aliphatic heterocycles. The van der Waals surface area contributed by atoms with Crippen molar-refractivity contribution >= 4 is 45.9 Å². The topological polar surface area (TPSA) is 98.8 Å². The zero-order valence-corrected chi connectivity index (χ0v) is 23.0. The van der Waals surface area contributed by atoms with Crippen LogP contribution in [0.1, 0.15) is 72.1 Å². The second-order valence-electron chi connectivity index (χ2n) is 11.0. The van der Waals surface area contributed by atoms with Crippen molar-refractivity contribution in [3.63, 3.8) is 0 Å². The predicted molar refractivity (Wildman–Crippen MR) is 141 cm³/mol. The van der Waals surface area contributed by atoms with Gasteiger partial charge in [-0.2, -0.15) is 13.2 Å². The van der Waals surface area contributed by atoms with E-state index in [4.69, 9.17) is 11.6 Å². The molecule has 0 aliphatic carbocycles. The van der Waals surface area contributed by atoms with Crippen molar-refractivity contribution in [2.24, 2.45) is 5.92 Å². The molecule has 2 amide bonds. The van der Waals surface area contributed by atoms with Gasteiger partial charge < -0.3 is 15.5 Å². The van der Waals surface area contributed by atoms with Crippen LogP contribution >= 0.6 is 11.6 Å². The highest BCUT2D eigenvalue weighted by molar-refractivity contribution is 7.82. The summed E-state index contributed by atoms with van der Waals surface area (Å²) in [7, 11) is -1.15. The van der Waals surface area contributed by atoms with Crippen LogP contribution in [0.15, 0.2) is 12.1 Å². The van der Waals surface area contributed by atoms with E-state index in [9.17, 15) is 31.8 Å². The number of nitrogens with zero attached hydrogens (tertiary/aromatic N) is 2. The van der Waals surface area contributed by atoms with Gasteiger partial charge in [-0.25, -0.2) is 8.51 Å². The van der Waals surface area contributed by atoms with E-state index in [-0.39, 0.29) is 46.6 Å². The maximum absolute atomic E-state index is 13.4. The molecule has 3 saturated heterocycles. The number of hydrogen-bond donors (Lipinski definition) is 2. The first-order valence-corrected chi connectivity index (χ1v) is 15.1. The smallest absolute Gasteiger partial charge is 0.349 e. The third-order valence-corrected chi connectivity index (χ3v) is 10.4. The summed E-state index contributed by atoms with van der Waals surface area (Å²) in [5, 5.41) is 5.61. The number of fused-ring (bicyclic) bond motifs is 3. The Balaban J connectivity index is 1.11. The molecule has 4 heterocycles. The zero-order valence-electron chi connectivity index (χ0n) is 21.4. The minimum Gasteiger partial charge on any atom is -0.349 e. The van der Waals surface area contributed by atoms with Crippen molar-refractivity contribution in [3.8, 4) is 0 Å². The van der Waals surface area contributed by atoms with E-state index < -0.39 is 41.2 Å². The zero-order chi connectivity index (χ0) is 27.9. The lowest BCUT2D eigenvalue weighted by Gasteiger charge is -2.39. The van der Waals surface area contributed by atoms with E-state index in [0.717, 1.165) is 38.8 Å². The number of halogens is 4. The van der Waals surface area contributed by atoms with Crippen LogP contribution in [0.25, 0.3) is 0 Å². The average molecular weight is 589 g/mol. The number of nitrogens with one attached hydrogen (secondary N) is 2. The van der Waals surface area contributed by atoms with Crippen LogP contribution in [-0.4, -0.2) is 80.7 Å². The SMILES string of the molecule is O=C1Nc2cc(Cl)c(C(=O)NC3CC4CC[C@H](C3)N4S(=O)CC3CCN(CCCC(F)(F)F)CC3)cc2C1=O. The molecule has 5 rings (SSSR count). The summed E-state index contributed by atoms with van der Waals surface area (Å²) in [6.07, 6.45) is 0.0526. The summed E-state index contributed by atoms with van der Waals surface area (Å²) < 4.78 is 52.7. The molecule has 0 radical (unpaired) electrons. The molecular weight excluding hydrogens is 557 g/mol.